The Morgan fingerprint density at radius 3 is 2.52 bits per heavy atom. The molecule has 1 unspecified atom stereocenters. The molecule has 1 aromatic heterocycles. The van der Waals surface area contributed by atoms with Gasteiger partial charge in [-0.15, -0.1) is 23.7 Å². The maximum atomic E-state index is 11.8. The van der Waals surface area contributed by atoms with E-state index in [1.165, 1.54) is 11.3 Å². The molecule has 0 aliphatic carbocycles. The largest absolute Gasteiger partial charge is 0.491 e. The number of anilines is 1. The summed E-state index contributed by atoms with van der Waals surface area (Å²) in [6, 6.07) is 7.76. The number of ether oxygens (including phenoxy) is 1. The molecule has 126 valence electrons. The molecule has 0 saturated carbocycles. The molecule has 2 rings (SSSR count). The van der Waals surface area contributed by atoms with Crippen LogP contribution in [-0.4, -0.2) is 23.5 Å². The van der Waals surface area contributed by atoms with Crippen LogP contribution in [0.1, 0.15) is 20.8 Å². The normalized spacial score (nSPS) is 11.7. The van der Waals surface area contributed by atoms with Crippen LogP contribution in [0.2, 0.25) is 0 Å². The molecule has 0 aliphatic heterocycles. The first kappa shape index (κ1) is 19.4. The van der Waals surface area contributed by atoms with E-state index >= 15 is 0 Å². The number of nitrogens with two attached hydrogens (primary N) is 1. The fraction of sp³-hybridized carbons (Fsp3) is 0.375. The fourth-order valence-corrected chi connectivity index (χ4v) is 2.50. The van der Waals surface area contributed by atoms with Gasteiger partial charge in [0.15, 0.2) is 5.13 Å². The van der Waals surface area contributed by atoms with Crippen molar-refractivity contribution >= 4 is 34.8 Å². The smallest absolute Gasteiger partial charge is 0.230 e. The lowest BCUT2D eigenvalue weighted by molar-refractivity contribution is -0.119. The number of nitrogens with zero attached hydrogens (tertiary/aromatic N) is 1. The summed E-state index contributed by atoms with van der Waals surface area (Å²) in [7, 11) is 0. The van der Waals surface area contributed by atoms with Crippen LogP contribution in [0, 0.1) is 5.92 Å². The highest BCUT2D eigenvalue weighted by atomic mass is 35.5. The lowest BCUT2D eigenvalue weighted by Crippen LogP contribution is -2.26. The van der Waals surface area contributed by atoms with Crippen molar-refractivity contribution in [3.8, 4) is 17.0 Å². The van der Waals surface area contributed by atoms with Crippen molar-refractivity contribution in [1.29, 1.82) is 0 Å². The van der Waals surface area contributed by atoms with Crippen molar-refractivity contribution in [2.45, 2.75) is 26.9 Å². The number of rotatable bonds is 6. The number of carbonyl (C=O) groups excluding carboxylic acids is 1. The first-order chi connectivity index (χ1) is 10.5. The van der Waals surface area contributed by atoms with E-state index in [-0.39, 0.29) is 30.3 Å². The summed E-state index contributed by atoms with van der Waals surface area (Å²) < 4.78 is 5.61. The Hall–Kier alpha value is -1.63. The van der Waals surface area contributed by atoms with Crippen molar-refractivity contribution < 1.29 is 9.53 Å². The van der Waals surface area contributed by atoms with Gasteiger partial charge in [0.05, 0.1) is 11.8 Å². The second-order valence-corrected chi connectivity index (χ2v) is 6.21. The summed E-state index contributed by atoms with van der Waals surface area (Å²) in [5.74, 6) is 0.503. The number of aromatic nitrogens is 1. The molecule has 1 aromatic carbocycles. The van der Waals surface area contributed by atoms with E-state index < -0.39 is 0 Å². The van der Waals surface area contributed by atoms with E-state index in [4.69, 9.17) is 10.5 Å². The number of benzene rings is 1. The van der Waals surface area contributed by atoms with Gasteiger partial charge in [0.1, 0.15) is 5.75 Å². The summed E-state index contributed by atoms with van der Waals surface area (Å²) in [6.45, 7) is 6.09. The monoisotopic (exact) mass is 355 g/mol. The molecule has 0 radical (unpaired) electrons. The maximum Gasteiger partial charge on any atom is 0.230 e. The van der Waals surface area contributed by atoms with Crippen molar-refractivity contribution in [2.24, 2.45) is 11.7 Å². The molecule has 0 bridgehead atoms. The third kappa shape index (κ3) is 5.49. The summed E-state index contributed by atoms with van der Waals surface area (Å²) >= 11 is 1.40. The molecule has 5 nitrogen and oxygen atoms in total. The van der Waals surface area contributed by atoms with Gasteiger partial charge in [-0.05, 0) is 38.1 Å². The average Bonchev–Trinajstić information content (AvgIpc) is 2.95. The minimum absolute atomic E-state index is 0. The molecule has 1 heterocycles. The van der Waals surface area contributed by atoms with Crippen LogP contribution >= 0.6 is 23.7 Å². The second-order valence-electron chi connectivity index (χ2n) is 5.35. The summed E-state index contributed by atoms with van der Waals surface area (Å²) in [5.41, 5.74) is 7.30. The van der Waals surface area contributed by atoms with Gasteiger partial charge in [-0.2, -0.15) is 0 Å². The summed E-state index contributed by atoms with van der Waals surface area (Å²) in [6.07, 6.45) is 0.150. The lowest BCUT2D eigenvalue weighted by Gasteiger charge is -2.09. The third-order valence-electron chi connectivity index (χ3n) is 3.06. The van der Waals surface area contributed by atoms with Crippen LogP contribution in [0.15, 0.2) is 29.6 Å². The molecule has 7 heteroatoms. The Morgan fingerprint density at radius 1 is 1.30 bits per heavy atom. The number of nitrogens with one attached hydrogen (secondary N) is 1. The quantitative estimate of drug-likeness (QED) is 0.830. The Labute approximate surface area is 146 Å². The Balaban J connectivity index is 0.00000264. The highest BCUT2D eigenvalue weighted by Gasteiger charge is 2.13. The molecule has 0 fully saturated rings. The zero-order valence-corrected chi connectivity index (χ0v) is 15.0. The highest BCUT2D eigenvalue weighted by molar-refractivity contribution is 7.14. The summed E-state index contributed by atoms with van der Waals surface area (Å²) in [4.78, 5) is 16.2. The van der Waals surface area contributed by atoms with E-state index in [9.17, 15) is 4.79 Å². The van der Waals surface area contributed by atoms with Gasteiger partial charge in [-0.25, -0.2) is 4.98 Å². The van der Waals surface area contributed by atoms with Gasteiger partial charge in [-0.1, -0.05) is 6.92 Å². The Kier molecular flexibility index (Phi) is 7.48. The number of hydrogen-bond acceptors (Lipinski definition) is 5. The SMILES string of the molecule is CC(C)Oc1ccc(-c2csc(NC(=O)C(C)CN)n2)cc1.Cl. The van der Waals surface area contributed by atoms with Crippen LogP contribution in [0.3, 0.4) is 0 Å². The molecule has 23 heavy (non-hydrogen) atoms. The molecular formula is C16H22ClN3O2S. The van der Waals surface area contributed by atoms with E-state index in [0.717, 1.165) is 17.0 Å². The first-order valence-corrected chi connectivity index (χ1v) is 8.11. The maximum absolute atomic E-state index is 11.8. The van der Waals surface area contributed by atoms with Crippen LogP contribution in [0.5, 0.6) is 5.75 Å². The number of thiazole rings is 1. The molecule has 1 amide bonds. The van der Waals surface area contributed by atoms with E-state index in [1.807, 2.05) is 43.5 Å². The van der Waals surface area contributed by atoms with E-state index in [2.05, 4.69) is 10.3 Å². The highest BCUT2D eigenvalue weighted by Crippen LogP contribution is 2.27. The van der Waals surface area contributed by atoms with Gasteiger partial charge in [0.25, 0.3) is 0 Å². The minimum Gasteiger partial charge on any atom is -0.491 e. The number of hydrogen-bond donors (Lipinski definition) is 2. The summed E-state index contributed by atoms with van der Waals surface area (Å²) in [5, 5.41) is 5.29. The van der Waals surface area contributed by atoms with Crippen molar-refractivity contribution in [3.63, 3.8) is 0 Å². The van der Waals surface area contributed by atoms with E-state index in [1.54, 1.807) is 6.92 Å². The molecule has 0 saturated heterocycles. The van der Waals surface area contributed by atoms with Gasteiger partial charge >= 0.3 is 0 Å². The van der Waals surface area contributed by atoms with E-state index in [0.29, 0.717) is 11.7 Å². The van der Waals surface area contributed by atoms with Gasteiger partial charge in [0.2, 0.25) is 5.91 Å². The predicted molar refractivity (Wildman–Crippen MR) is 97.4 cm³/mol. The predicted octanol–water partition coefficient (Wildman–Crippen LogP) is 3.55. The molecule has 3 N–H and O–H groups in total. The van der Waals surface area contributed by atoms with Crippen LogP contribution in [-0.2, 0) is 4.79 Å². The van der Waals surface area contributed by atoms with Crippen LogP contribution in [0.4, 0.5) is 5.13 Å². The third-order valence-corrected chi connectivity index (χ3v) is 3.82. The second kappa shape index (κ2) is 8.86. The lowest BCUT2D eigenvalue weighted by atomic mass is 10.1. The number of carbonyl (C=O) groups is 1. The van der Waals surface area contributed by atoms with Crippen molar-refractivity contribution in [2.75, 3.05) is 11.9 Å². The standard InChI is InChI=1S/C16H21N3O2S.ClH/c1-10(2)21-13-6-4-12(5-7-13)14-9-22-16(18-14)19-15(20)11(3)8-17;/h4-7,9-11H,8,17H2,1-3H3,(H,18,19,20);1H. The number of amides is 1. The van der Waals surface area contributed by atoms with Crippen molar-refractivity contribution in [1.82, 2.24) is 4.98 Å². The van der Waals surface area contributed by atoms with Crippen LogP contribution < -0.4 is 15.8 Å². The molecule has 1 atom stereocenters. The van der Waals surface area contributed by atoms with Gasteiger partial charge in [0, 0.05) is 23.4 Å². The average molecular weight is 356 g/mol. The van der Waals surface area contributed by atoms with Crippen LogP contribution in [0.25, 0.3) is 11.3 Å². The first-order valence-electron chi connectivity index (χ1n) is 7.23. The minimum atomic E-state index is -0.222. The molecule has 0 spiro atoms. The van der Waals surface area contributed by atoms with Crippen molar-refractivity contribution in [3.05, 3.63) is 29.6 Å². The Bertz CT molecular complexity index is 629. The molecular weight excluding hydrogens is 334 g/mol. The molecule has 2 aromatic rings. The Morgan fingerprint density at radius 2 is 1.96 bits per heavy atom. The topological polar surface area (TPSA) is 77.2 Å². The van der Waals surface area contributed by atoms with Gasteiger partial charge < -0.3 is 15.8 Å². The zero-order chi connectivity index (χ0) is 16.1. The van der Waals surface area contributed by atoms with Gasteiger partial charge in [-0.3, -0.25) is 4.79 Å². The zero-order valence-electron chi connectivity index (χ0n) is 13.4. The fourth-order valence-electron chi connectivity index (χ4n) is 1.78. The number of halogens is 1. The molecule has 0 aliphatic rings.